The number of sulfonamides is 1. The highest BCUT2D eigenvalue weighted by atomic mass is 79.9. The molecule has 0 aromatic heterocycles. The predicted octanol–water partition coefficient (Wildman–Crippen LogP) is 1.47. The molecule has 0 aliphatic heterocycles. The van der Waals surface area contributed by atoms with Crippen LogP contribution in [0.1, 0.15) is 13.3 Å². The molecule has 1 atom stereocenters. The van der Waals surface area contributed by atoms with Crippen LogP contribution in [0.3, 0.4) is 0 Å². The maximum atomic E-state index is 12.1. The van der Waals surface area contributed by atoms with Gasteiger partial charge < -0.3 is 10.5 Å². The Kier molecular flexibility index (Phi) is 5.58. The molecule has 0 spiro atoms. The third-order valence-corrected chi connectivity index (χ3v) is 4.67. The molecular formula is C11H17BrN2O3S. The van der Waals surface area contributed by atoms with Crippen LogP contribution < -0.4 is 15.2 Å². The Bertz CT molecular complexity index is 501. The minimum absolute atomic E-state index is 0.182. The van der Waals surface area contributed by atoms with Crippen LogP contribution >= 0.6 is 15.9 Å². The molecule has 5 nitrogen and oxygen atoms in total. The van der Waals surface area contributed by atoms with Crippen LogP contribution in [-0.4, -0.2) is 28.1 Å². The molecule has 18 heavy (non-hydrogen) atoms. The summed E-state index contributed by atoms with van der Waals surface area (Å²) in [5.41, 5.74) is 5.49. The topological polar surface area (TPSA) is 81.4 Å². The highest BCUT2D eigenvalue weighted by Gasteiger charge is 2.19. The first kappa shape index (κ1) is 15.4. The fourth-order valence-corrected chi connectivity index (χ4v) is 3.45. The number of hydrogen-bond donors (Lipinski definition) is 2. The maximum absolute atomic E-state index is 12.1. The molecule has 102 valence electrons. The summed E-state index contributed by atoms with van der Waals surface area (Å²) >= 11 is 3.26. The lowest BCUT2D eigenvalue weighted by atomic mass is 10.2. The molecule has 0 radical (unpaired) electrons. The molecule has 0 heterocycles. The first-order valence-electron chi connectivity index (χ1n) is 5.50. The summed E-state index contributed by atoms with van der Waals surface area (Å²) < 4.78 is 32.4. The van der Waals surface area contributed by atoms with Gasteiger partial charge in [-0.15, -0.1) is 0 Å². The van der Waals surface area contributed by atoms with Crippen LogP contribution in [0.15, 0.2) is 27.6 Å². The Labute approximate surface area is 116 Å². The molecule has 1 aromatic rings. The molecule has 1 aromatic carbocycles. The Hall–Kier alpha value is -0.630. The van der Waals surface area contributed by atoms with E-state index in [-0.39, 0.29) is 17.5 Å². The third-order valence-electron chi connectivity index (χ3n) is 2.53. The van der Waals surface area contributed by atoms with Crippen molar-refractivity contribution >= 4 is 26.0 Å². The van der Waals surface area contributed by atoms with Gasteiger partial charge in [0.1, 0.15) is 5.75 Å². The van der Waals surface area contributed by atoms with Gasteiger partial charge in [-0.2, -0.15) is 0 Å². The number of nitrogens with one attached hydrogen (secondary N) is 1. The zero-order valence-electron chi connectivity index (χ0n) is 10.3. The molecule has 0 saturated carbocycles. The van der Waals surface area contributed by atoms with Gasteiger partial charge in [-0.3, -0.25) is 0 Å². The van der Waals surface area contributed by atoms with Crippen molar-refractivity contribution in [2.75, 3.05) is 13.7 Å². The van der Waals surface area contributed by atoms with Crippen LogP contribution in [0.25, 0.3) is 0 Å². The molecule has 0 saturated heterocycles. The number of methoxy groups -OCH3 is 1. The van der Waals surface area contributed by atoms with Crippen molar-refractivity contribution in [2.45, 2.75) is 24.3 Å². The summed E-state index contributed by atoms with van der Waals surface area (Å²) in [6, 6.07) is 4.35. The largest absolute Gasteiger partial charge is 0.496 e. The Morgan fingerprint density at radius 1 is 1.50 bits per heavy atom. The fraction of sp³-hybridized carbons (Fsp3) is 0.455. The zero-order valence-corrected chi connectivity index (χ0v) is 12.7. The van der Waals surface area contributed by atoms with E-state index >= 15 is 0 Å². The van der Waals surface area contributed by atoms with Gasteiger partial charge in [-0.05, 0) is 40.5 Å². The van der Waals surface area contributed by atoms with Gasteiger partial charge in [0.2, 0.25) is 10.0 Å². The minimum atomic E-state index is -3.55. The van der Waals surface area contributed by atoms with Crippen molar-refractivity contribution in [3.05, 3.63) is 22.7 Å². The minimum Gasteiger partial charge on any atom is -0.496 e. The highest BCUT2D eigenvalue weighted by Crippen LogP contribution is 2.27. The summed E-state index contributed by atoms with van der Waals surface area (Å²) in [4.78, 5) is 0.182. The SMILES string of the molecule is CCC(CN)NS(=O)(=O)c1ccc(OC)c(Br)c1. The molecule has 0 aliphatic rings. The predicted molar refractivity (Wildman–Crippen MR) is 74.1 cm³/mol. The van der Waals surface area contributed by atoms with E-state index in [9.17, 15) is 8.42 Å². The van der Waals surface area contributed by atoms with Gasteiger partial charge in [-0.1, -0.05) is 6.92 Å². The number of nitrogens with two attached hydrogens (primary N) is 1. The van der Waals surface area contributed by atoms with Gasteiger partial charge in [0, 0.05) is 12.6 Å². The first-order chi connectivity index (χ1) is 8.44. The van der Waals surface area contributed by atoms with Crippen molar-refractivity contribution in [1.29, 1.82) is 0 Å². The van der Waals surface area contributed by atoms with Crippen LogP contribution in [0, 0.1) is 0 Å². The van der Waals surface area contributed by atoms with E-state index in [1.165, 1.54) is 19.2 Å². The van der Waals surface area contributed by atoms with E-state index in [2.05, 4.69) is 20.7 Å². The van der Waals surface area contributed by atoms with Crippen LogP contribution in [0.2, 0.25) is 0 Å². The summed E-state index contributed by atoms with van der Waals surface area (Å²) in [5, 5.41) is 0. The second kappa shape index (κ2) is 6.51. The van der Waals surface area contributed by atoms with Crippen molar-refractivity contribution in [2.24, 2.45) is 5.73 Å². The maximum Gasteiger partial charge on any atom is 0.240 e. The second-order valence-electron chi connectivity index (χ2n) is 3.76. The second-order valence-corrected chi connectivity index (χ2v) is 6.33. The lowest BCUT2D eigenvalue weighted by molar-refractivity contribution is 0.411. The molecular weight excluding hydrogens is 320 g/mol. The van der Waals surface area contributed by atoms with E-state index in [4.69, 9.17) is 10.5 Å². The average molecular weight is 337 g/mol. The smallest absolute Gasteiger partial charge is 0.240 e. The van der Waals surface area contributed by atoms with Crippen molar-refractivity contribution in [3.63, 3.8) is 0 Å². The average Bonchev–Trinajstić information content (AvgIpc) is 2.35. The zero-order chi connectivity index (χ0) is 13.8. The number of hydrogen-bond acceptors (Lipinski definition) is 4. The number of benzene rings is 1. The Morgan fingerprint density at radius 2 is 2.17 bits per heavy atom. The summed E-state index contributed by atoms with van der Waals surface area (Å²) in [7, 11) is -2.02. The number of rotatable bonds is 6. The molecule has 7 heteroatoms. The molecule has 0 aliphatic carbocycles. The Balaban J connectivity index is 3.02. The molecule has 1 rings (SSSR count). The lowest BCUT2D eigenvalue weighted by Crippen LogP contribution is -2.39. The van der Waals surface area contributed by atoms with Gasteiger partial charge in [-0.25, -0.2) is 13.1 Å². The van der Waals surface area contributed by atoms with E-state index in [1.54, 1.807) is 6.07 Å². The van der Waals surface area contributed by atoms with Gasteiger partial charge >= 0.3 is 0 Å². The lowest BCUT2D eigenvalue weighted by Gasteiger charge is -2.15. The highest BCUT2D eigenvalue weighted by molar-refractivity contribution is 9.10. The van der Waals surface area contributed by atoms with E-state index in [0.717, 1.165) is 0 Å². The van der Waals surface area contributed by atoms with Crippen LogP contribution in [0.4, 0.5) is 0 Å². The third kappa shape index (κ3) is 3.68. The molecule has 0 bridgehead atoms. The molecule has 1 unspecified atom stereocenters. The van der Waals surface area contributed by atoms with Crippen LogP contribution in [0.5, 0.6) is 5.75 Å². The van der Waals surface area contributed by atoms with Crippen molar-refractivity contribution < 1.29 is 13.2 Å². The monoisotopic (exact) mass is 336 g/mol. The van der Waals surface area contributed by atoms with Crippen molar-refractivity contribution in [1.82, 2.24) is 4.72 Å². The van der Waals surface area contributed by atoms with E-state index in [1.807, 2.05) is 6.92 Å². The number of ether oxygens (including phenoxy) is 1. The standard InChI is InChI=1S/C11H17BrN2O3S/c1-3-8(7-13)14-18(15,16)9-4-5-11(17-2)10(12)6-9/h4-6,8,14H,3,7,13H2,1-2H3. The Morgan fingerprint density at radius 3 is 2.61 bits per heavy atom. The number of halogens is 1. The summed E-state index contributed by atoms with van der Waals surface area (Å²) in [6.07, 6.45) is 0.646. The van der Waals surface area contributed by atoms with E-state index < -0.39 is 10.0 Å². The molecule has 0 amide bonds. The molecule has 3 N–H and O–H groups in total. The normalized spacial score (nSPS) is 13.3. The summed E-state index contributed by atoms with van der Waals surface area (Å²) in [6.45, 7) is 2.15. The summed E-state index contributed by atoms with van der Waals surface area (Å²) in [5.74, 6) is 0.583. The van der Waals surface area contributed by atoms with Gasteiger partial charge in [0.05, 0.1) is 16.5 Å². The van der Waals surface area contributed by atoms with Gasteiger partial charge in [0.25, 0.3) is 0 Å². The first-order valence-corrected chi connectivity index (χ1v) is 7.78. The quantitative estimate of drug-likeness (QED) is 0.824. The van der Waals surface area contributed by atoms with Crippen molar-refractivity contribution in [3.8, 4) is 5.75 Å². The van der Waals surface area contributed by atoms with Gasteiger partial charge in [0.15, 0.2) is 0 Å². The fourth-order valence-electron chi connectivity index (χ4n) is 1.40. The van der Waals surface area contributed by atoms with Crippen LogP contribution in [-0.2, 0) is 10.0 Å². The molecule has 0 fully saturated rings. The van der Waals surface area contributed by atoms with E-state index in [0.29, 0.717) is 16.6 Å².